The average molecular weight is 396 g/mol. The Labute approximate surface area is 170 Å². The van der Waals surface area contributed by atoms with E-state index in [1.807, 2.05) is 24.4 Å². The Hall–Kier alpha value is -2.57. The van der Waals surface area contributed by atoms with Crippen molar-refractivity contribution in [1.82, 2.24) is 19.6 Å². The largest absolute Gasteiger partial charge is 0.305 e. The van der Waals surface area contributed by atoms with E-state index < -0.39 is 11.6 Å². The van der Waals surface area contributed by atoms with Gasteiger partial charge in [0, 0.05) is 49.1 Å². The summed E-state index contributed by atoms with van der Waals surface area (Å²) in [4.78, 5) is 4.67. The molecule has 6 heteroatoms. The fraction of sp³-hybridized carbons (Fsp3) is 0.348. The van der Waals surface area contributed by atoms with E-state index in [4.69, 9.17) is 5.10 Å². The van der Waals surface area contributed by atoms with Crippen LogP contribution in [0.1, 0.15) is 17.5 Å². The lowest BCUT2D eigenvalue weighted by Gasteiger charge is -2.20. The van der Waals surface area contributed by atoms with Gasteiger partial charge in [-0.1, -0.05) is 24.3 Å². The molecule has 29 heavy (non-hydrogen) atoms. The maximum atomic E-state index is 14.4. The number of halogens is 2. The number of nitrogens with zero attached hydrogens (tertiary/aromatic N) is 4. The van der Waals surface area contributed by atoms with Crippen LogP contribution in [0, 0.1) is 18.6 Å². The summed E-state index contributed by atoms with van der Waals surface area (Å²) < 4.78 is 29.3. The second kappa shape index (κ2) is 8.05. The van der Waals surface area contributed by atoms with Gasteiger partial charge in [-0.3, -0.25) is 4.90 Å². The molecule has 2 aromatic carbocycles. The van der Waals surface area contributed by atoms with Gasteiger partial charge in [-0.05, 0) is 45.1 Å². The molecule has 3 aromatic rings. The summed E-state index contributed by atoms with van der Waals surface area (Å²) >= 11 is 0. The zero-order valence-corrected chi connectivity index (χ0v) is 17.1. The number of aromatic nitrogens is 2. The Morgan fingerprint density at radius 3 is 2.62 bits per heavy atom. The van der Waals surface area contributed by atoms with Crippen molar-refractivity contribution >= 4 is 0 Å². The van der Waals surface area contributed by atoms with E-state index in [1.54, 1.807) is 0 Å². The number of likely N-dealkylation sites (N-methyl/N-ethyl adjacent to an activating group) is 1. The van der Waals surface area contributed by atoms with Crippen LogP contribution in [0.15, 0.2) is 48.7 Å². The number of rotatable bonds is 5. The number of likely N-dealkylation sites (tertiary alicyclic amines) is 1. The summed E-state index contributed by atoms with van der Waals surface area (Å²) in [5.41, 5.74) is 4.29. The fourth-order valence-electron chi connectivity index (χ4n) is 4.00. The molecule has 1 aliphatic heterocycles. The molecular weight excluding hydrogens is 370 g/mol. The van der Waals surface area contributed by atoms with E-state index in [2.05, 4.69) is 36.9 Å². The summed E-state index contributed by atoms with van der Waals surface area (Å²) in [6, 6.07) is 12.2. The Morgan fingerprint density at radius 2 is 1.93 bits per heavy atom. The van der Waals surface area contributed by atoms with Crippen LogP contribution in [0.25, 0.3) is 16.9 Å². The van der Waals surface area contributed by atoms with Crippen molar-refractivity contribution in [3.8, 4) is 16.9 Å². The highest BCUT2D eigenvalue weighted by Gasteiger charge is 2.26. The van der Waals surface area contributed by atoms with Gasteiger partial charge in [-0.15, -0.1) is 0 Å². The maximum Gasteiger partial charge on any atom is 0.151 e. The van der Waals surface area contributed by atoms with Gasteiger partial charge in [0.2, 0.25) is 0 Å². The first-order valence-corrected chi connectivity index (χ1v) is 9.91. The molecule has 0 saturated carbocycles. The molecule has 0 aliphatic carbocycles. The minimum absolute atomic E-state index is 0.250. The van der Waals surface area contributed by atoms with Gasteiger partial charge in [0.25, 0.3) is 0 Å². The molecule has 0 N–H and O–H groups in total. The van der Waals surface area contributed by atoms with Crippen molar-refractivity contribution in [2.24, 2.45) is 0 Å². The third kappa shape index (κ3) is 4.09. The monoisotopic (exact) mass is 396 g/mol. The van der Waals surface area contributed by atoms with Gasteiger partial charge in [0.1, 0.15) is 11.5 Å². The van der Waals surface area contributed by atoms with Crippen LogP contribution in [0.4, 0.5) is 8.78 Å². The van der Waals surface area contributed by atoms with Crippen LogP contribution in [-0.2, 0) is 6.54 Å². The molecule has 0 spiro atoms. The average Bonchev–Trinajstić information content (AvgIpc) is 3.30. The number of hydrogen-bond donors (Lipinski definition) is 0. The molecule has 1 saturated heterocycles. The van der Waals surface area contributed by atoms with Crippen molar-refractivity contribution in [3.63, 3.8) is 0 Å². The molecule has 1 fully saturated rings. The summed E-state index contributed by atoms with van der Waals surface area (Å²) in [5, 5.41) is 4.72. The minimum Gasteiger partial charge on any atom is -0.305 e. The summed E-state index contributed by atoms with van der Waals surface area (Å²) in [7, 11) is 4.23. The van der Waals surface area contributed by atoms with Crippen LogP contribution >= 0.6 is 0 Å². The smallest absolute Gasteiger partial charge is 0.151 e. The first kappa shape index (κ1) is 19.7. The first-order chi connectivity index (χ1) is 13.9. The molecule has 4 nitrogen and oxygen atoms in total. The van der Waals surface area contributed by atoms with Crippen LogP contribution in [-0.4, -0.2) is 52.8 Å². The van der Waals surface area contributed by atoms with Gasteiger partial charge in [0.05, 0.1) is 5.69 Å². The molecular formula is C23H26F2N4. The van der Waals surface area contributed by atoms with Gasteiger partial charge < -0.3 is 4.90 Å². The fourth-order valence-corrected chi connectivity index (χ4v) is 4.00. The number of benzene rings is 2. The summed E-state index contributed by atoms with van der Waals surface area (Å²) in [6.45, 7) is 4.81. The molecule has 2 heterocycles. The molecule has 0 radical (unpaired) electrons. The van der Waals surface area contributed by atoms with E-state index in [0.717, 1.165) is 54.5 Å². The van der Waals surface area contributed by atoms with Gasteiger partial charge in [-0.2, -0.15) is 5.10 Å². The zero-order valence-electron chi connectivity index (χ0n) is 17.1. The van der Waals surface area contributed by atoms with Crippen LogP contribution < -0.4 is 0 Å². The second-order valence-electron chi connectivity index (χ2n) is 8.00. The molecule has 1 aliphatic rings. The topological polar surface area (TPSA) is 24.3 Å². The lowest BCUT2D eigenvalue weighted by Crippen LogP contribution is -2.31. The second-order valence-corrected chi connectivity index (χ2v) is 8.00. The SMILES string of the molecule is Cc1ccccc1-c1nn(-c2ccc(F)cc2F)cc1CN1CCC(N(C)C)C1. The van der Waals surface area contributed by atoms with Crippen molar-refractivity contribution in [1.29, 1.82) is 0 Å². The van der Waals surface area contributed by atoms with E-state index in [-0.39, 0.29) is 5.69 Å². The van der Waals surface area contributed by atoms with Crippen molar-refractivity contribution in [3.05, 3.63) is 71.4 Å². The highest BCUT2D eigenvalue weighted by atomic mass is 19.1. The van der Waals surface area contributed by atoms with E-state index in [1.165, 1.54) is 16.8 Å². The summed E-state index contributed by atoms with van der Waals surface area (Å²) in [5.74, 6) is -1.21. The predicted octanol–water partition coefficient (Wildman–Crippen LogP) is 4.26. The molecule has 0 bridgehead atoms. The van der Waals surface area contributed by atoms with Crippen molar-refractivity contribution in [2.45, 2.75) is 25.9 Å². The zero-order chi connectivity index (χ0) is 20.5. The Bertz CT molecular complexity index is 1010. The quantitative estimate of drug-likeness (QED) is 0.644. The highest BCUT2D eigenvalue weighted by molar-refractivity contribution is 5.67. The molecule has 0 amide bonds. The Morgan fingerprint density at radius 1 is 1.14 bits per heavy atom. The molecule has 1 unspecified atom stereocenters. The molecule has 1 atom stereocenters. The third-order valence-corrected chi connectivity index (χ3v) is 5.72. The minimum atomic E-state index is -0.621. The van der Waals surface area contributed by atoms with Crippen LogP contribution in [0.2, 0.25) is 0 Å². The first-order valence-electron chi connectivity index (χ1n) is 9.91. The van der Waals surface area contributed by atoms with Crippen molar-refractivity contribution < 1.29 is 8.78 Å². The van der Waals surface area contributed by atoms with Crippen LogP contribution in [0.3, 0.4) is 0 Å². The van der Waals surface area contributed by atoms with Gasteiger partial charge >= 0.3 is 0 Å². The Kier molecular flexibility index (Phi) is 5.48. The van der Waals surface area contributed by atoms with Gasteiger partial charge in [0.15, 0.2) is 5.82 Å². The molecule has 1 aromatic heterocycles. The van der Waals surface area contributed by atoms with Crippen LogP contribution in [0.5, 0.6) is 0 Å². The number of hydrogen-bond acceptors (Lipinski definition) is 3. The lowest BCUT2D eigenvalue weighted by atomic mass is 10.0. The number of aryl methyl sites for hydroxylation is 1. The maximum absolute atomic E-state index is 14.4. The lowest BCUT2D eigenvalue weighted by molar-refractivity contribution is 0.265. The van der Waals surface area contributed by atoms with E-state index >= 15 is 0 Å². The van der Waals surface area contributed by atoms with Crippen molar-refractivity contribution in [2.75, 3.05) is 27.2 Å². The standard InChI is InChI=1S/C23H26F2N4/c1-16-6-4-5-7-20(16)23-17(13-28-11-10-19(15-28)27(2)3)14-29(26-23)22-9-8-18(24)12-21(22)25/h4-9,12,14,19H,10-11,13,15H2,1-3H3. The third-order valence-electron chi connectivity index (χ3n) is 5.72. The summed E-state index contributed by atoms with van der Waals surface area (Å²) in [6.07, 6.45) is 3.01. The normalized spacial score (nSPS) is 17.4. The van der Waals surface area contributed by atoms with E-state index in [9.17, 15) is 8.78 Å². The molecule has 4 rings (SSSR count). The highest BCUT2D eigenvalue weighted by Crippen LogP contribution is 2.29. The van der Waals surface area contributed by atoms with Gasteiger partial charge in [-0.25, -0.2) is 13.5 Å². The Balaban J connectivity index is 1.73. The molecule has 152 valence electrons. The van der Waals surface area contributed by atoms with E-state index in [0.29, 0.717) is 6.04 Å². The predicted molar refractivity (Wildman–Crippen MR) is 111 cm³/mol.